The molecule has 268 valence electrons. The molecule has 8 aromatic carbocycles. The average molecular weight is 739 g/mol. The third-order valence-electron chi connectivity index (χ3n) is 12.2. The molecule has 0 bridgehead atoms. The molecule has 3 aromatic heterocycles. The summed E-state index contributed by atoms with van der Waals surface area (Å²) in [6.07, 6.45) is 0. The molecule has 6 nitrogen and oxygen atoms in total. The van der Waals surface area contributed by atoms with Crippen LogP contribution in [-0.2, 0) is 0 Å². The van der Waals surface area contributed by atoms with Crippen molar-refractivity contribution >= 4 is 72.8 Å². The number of para-hydroxylation sites is 5. The summed E-state index contributed by atoms with van der Waals surface area (Å²) in [5, 5.41) is 4.62. The Morgan fingerprint density at radius 3 is 1.29 bits per heavy atom. The van der Waals surface area contributed by atoms with Crippen molar-refractivity contribution < 1.29 is 0 Å². The highest BCUT2D eigenvalue weighted by Crippen LogP contribution is 2.47. The normalized spacial score (nSPS) is 12.8. The standard InChI is InChI=1S/C51H31BN6/c1-8-22-41-33(15-1)35-17-7-14-28-47(35)58-48-30-29-32(31-40(48)34-16-2-9-23-42(34)52(41)58)49-53-50(56-43-24-10-3-18-36(43)37-19-4-11-25-44(37)56)55-51(54-49)57-45-26-12-5-20-38(45)39-21-6-13-27-46(39)57/h1-31H. The summed E-state index contributed by atoms with van der Waals surface area (Å²) in [6.45, 7) is 0.0432. The Bertz CT molecular complexity index is 3270. The van der Waals surface area contributed by atoms with Gasteiger partial charge >= 0.3 is 6.85 Å². The maximum Gasteiger partial charge on any atom is 0.329 e. The van der Waals surface area contributed by atoms with Crippen LogP contribution in [0.2, 0.25) is 0 Å². The summed E-state index contributed by atoms with van der Waals surface area (Å²) < 4.78 is 4.38. The van der Waals surface area contributed by atoms with E-state index in [-0.39, 0.29) is 6.85 Å². The van der Waals surface area contributed by atoms with Gasteiger partial charge in [0.1, 0.15) is 0 Å². The zero-order valence-electron chi connectivity index (χ0n) is 31.2. The second-order valence-corrected chi connectivity index (χ2v) is 15.2. The van der Waals surface area contributed by atoms with Crippen molar-refractivity contribution in [2.24, 2.45) is 0 Å². The molecule has 7 heteroatoms. The molecule has 0 fully saturated rings. The van der Waals surface area contributed by atoms with Crippen molar-refractivity contribution in [3.63, 3.8) is 0 Å². The van der Waals surface area contributed by atoms with Gasteiger partial charge in [0.25, 0.3) is 0 Å². The minimum absolute atomic E-state index is 0.0432. The minimum Gasteiger partial charge on any atom is -0.376 e. The molecule has 0 unspecified atom stereocenters. The Hall–Kier alpha value is -7.77. The van der Waals surface area contributed by atoms with Gasteiger partial charge in [-0.3, -0.25) is 9.13 Å². The highest BCUT2D eigenvalue weighted by molar-refractivity contribution is 6.92. The molecule has 0 aliphatic carbocycles. The number of anilines is 2. The first-order chi connectivity index (χ1) is 28.8. The lowest BCUT2D eigenvalue weighted by molar-refractivity contribution is 0.893. The van der Waals surface area contributed by atoms with Gasteiger partial charge in [0.2, 0.25) is 11.9 Å². The van der Waals surface area contributed by atoms with E-state index in [0.29, 0.717) is 17.7 Å². The molecule has 2 aliphatic rings. The molecule has 0 saturated carbocycles. The van der Waals surface area contributed by atoms with Gasteiger partial charge in [-0.1, -0.05) is 140 Å². The molecule has 0 atom stereocenters. The van der Waals surface area contributed by atoms with Gasteiger partial charge in [-0.25, -0.2) is 0 Å². The van der Waals surface area contributed by atoms with Crippen LogP contribution in [0.3, 0.4) is 0 Å². The molecule has 2 aliphatic heterocycles. The maximum atomic E-state index is 5.38. The van der Waals surface area contributed by atoms with Crippen LogP contribution in [0.5, 0.6) is 0 Å². The maximum absolute atomic E-state index is 5.38. The number of benzene rings is 8. The van der Waals surface area contributed by atoms with Gasteiger partial charge in [0, 0.05) is 49.6 Å². The number of aromatic nitrogens is 5. The van der Waals surface area contributed by atoms with E-state index in [9.17, 15) is 0 Å². The quantitative estimate of drug-likeness (QED) is 0.169. The van der Waals surface area contributed by atoms with Gasteiger partial charge in [-0.2, -0.15) is 15.0 Å². The largest absolute Gasteiger partial charge is 0.376 e. The van der Waals surface area contributed by atoms with Crippen molar-refractivity contribution in [2.45, 2.75) is 0 Å². The first-order valence-corrected chi connectivity index (χ1v) is 19.7. The van der Waals surface area contributed by atoms with Crippen molar-refractivity contribution in [1.29, 1.82) is 0 Å². The number of rotatable bonds is 3. The Balaban J connectivity index is 1.09. The summed E-state index contributed by atoms with van der Waals surface area (Å²) in [5.74, 6) is 1.74. The fourth-order valence-corrected chi connectivity index (χ4v) is 9.79. The Labute approximate surface area is 334 Å². The molecule has 0 spiro atoms. The van der Waals surface area contributed by atoms with Crippen LogP contribution in [0, 0.1) is 0 Å². The first-order valence-electron chi connectivity index (χ1n) is 19.7. The predicted molar refractivity (Wildman–Crippen MR) is 238 cm³/mol. The monoisotopic (exact) mass is 738 g/mol. The van der Waals surface area contributed by atoms with Crippen molar-refractivity contribution in [3.8, 4) is 45.5 Å². The Morgan fingerprint density at radius 2 is 0.759 bits per heavy atom. The van der Waals surface area contributed by atoms with E-state index >= 15 is 0 Å². The van der Waals surface area contributed by atoms with Crippen LogP contribution in [0.25, 0.3) is 89.2 Å². The van der Waals surface area contributed by atoms with E-state index in [1.807, 2.05) is 0 Å². The molecule has 0 amide bonds. The predicted octanol–water partition coefficient (Wildman–Crippen LogP) is 10.6. The fourth-order valence-electron chi connectivity index (χ4n) is 9.79. The molecule has 0 radical (unpaired) electrons. The summed E-state index contributed by atoms with van der Waals surface area (Å²) in [5.41, 5.74) is 15.0. The lowest BCUT2D eigenvalue weighted by atomic mass is 9.43. The van der Waals surface area contributed by atoms with Crippen molar-refractivity contribution in [3.05, 3.63) is 188 Å². The first kappa shape index (κ1) is 31.4. The molecular weight excluding hydrogens is 707 g/mol. The van der Waals surface area contributed by atoms with E-state index < -0.39 is 0 Å². The van der Waals surface area contributed by atoms with Gasteiger partial charge < -0.3 is 4.81 Å². The summed E-state index contributed by atoms with van der Waals surface area (Å²) in [6, 6.07) is 67.3. The fraction of sp³-hybridized carbons (Fsp3) is 0. The molecule has 11 aromatic rings. The average Bonchev–Trinajstić information content (AvgIpc) is 3.82. The summed E-state index contributed by atoms with van der Waals surface area (Å²) in [4.78, 5) is 18.7. The summed E-state index contributed by atoms with van der Waals surface area (Å²) >= 11 is 0. The SMILES string of the molecule is c1ccc2c(c1)B1c3ccccc3-c3cc(-c4nc(-n5c6ccccc6c6ccccc65)nc(-n5c6ccccc6c6ccccc65)n4)ccc3N1c1ccccc1-2. The number of hydrogen-bond donors (Lipinski definition) is 0. The third kappa shape index (κ3) is 4.30. The second-order valence-electron chi connectivity index (χ2n) is 15.2. The second kappa shape index (κ2) is 11.9. The highest BCUT2D eigenvalue weighted by Gasteiger charge is 2.42. The van der Waals surface area contributed by atoms with Crippen molar-refractivity contribution in [1.82, 2.24) is 24.1 Å². The Kier molecular flexibility index (Phi) is 6.43. The van der Waals surface area contributed by atoms with Gasteiger partial charge in [0.05, 0.1) is 22.1 Å². The number of nitrogens with zero attached hydrogens (tertiary/aromatic N) is 6. The smallest absolute Gasteiger partial charge is 0.329 e. The van der Waals surface area contributed by atoms with Crippen LogP contribution in [-0.4, -0.2) is 30.9 Å². The van der Waals surface area contributed by atoms with E-state index in [1.54, 1.807) is 0 Å². The minimum atomic E-state index is 0.0432. The zero-order chi connectivity index (χ0) is 37.9. The molecule has 5 heterocycles. The molecule has 0 N–H and O–H groups in total. The van der Waals surface area contributed by atoms with E-state index in [4.69, 9.17) is 15.0 Å². The topological polar surface area (TPSA) is 51.8 Å². The van der Waals surface area contributed by atoms with E-state index in [1.165, 1.54) is 33.3 Å². The van der Waals surface area contributed by atoms with Gasteiger partial charge in [-0.15, -0.1) is 0 Å². The molecule has 0 saturated heterocycles. The number of fused-ring (bicyclic) bond motifs is 17. The van der Waals surface area contributed by atoms with E-state index in [0.717, 1.165) is 60.4 Å². The van der Waals surface area contributed by atoms with Gasteiger partial charge in [-0.05, 0) is 70.6 Å². The lowest BCUT2D eigenvalue weighted by Crippen LogP contribution is -2.59. The molecule has 58 heavy (non-hydrogen) atoms. The molecule has 13 rings (SSSR count). The lowest BCUT2D eigenvalue weighted by Gasteiger charge is -2.43. The van der Waals surface area contributed by atoms with Crippen LogP contribution in [0.15, 0.2) is 188 Å². The van der Waals surface area contributed by atoms with Crippen molar-refractivity contribution in [2.75, 3.05) is 4.81 Å². The van der Waals surface area contributed by atoms with Gasteiger partial charge in [0.15, 0.2) is 5.82 Å². The molecular formula is C51H31BN6. The van der Waals surface area contributed by atoms with Crippen LogP contribution in [0.1, 0.15) is 0 Å². The summed E-state index contributed by atoms with van der Waals surface area (Å²) in [7, 11) is 0. The zero-order valence-corrected chi connectivity index (χ0v) is 31.2. The number of hydrogen-bond acceptors (Lipinski definition) is 4. The third-order valence-corrected chi connectivity index (χ3v) is 12.2. The highest BCUT2D eigenvalue weighted by atomic mass is 15.3. The van der Waals surface area contributed by atoms with Crippen LogP contribution >= 0.6 is 0 Å². The van der Waals surface area contributed by atoms with Crippen LogP contribution < -0.4 is 15.7 Å². The van der Waals surface area contributed by atoms with E-state index in [2.05, 4.69) is 202 Å². The Morgan fingerprint density at radius 1 is 0.345 bits per heavy atom. The van der Waals surface area contributed by atoms with Crippen LogP contribution in [0.4, 0.5) is 11.4 Å².